The zero-order valence-electron chi connectivity index (χ0n) is 8.81. The van der Waals surface area contributed by atoms with Gasteiger partial charge in [0.25, 0.3) is 0 Å². The SMILES string of the molecule is CC1(C)CCC([C@H](CN)P(=O)(O)O)C1. The van der Waals surface area contributed by atoms with Crippen molar-refractivity contribution in [2.45, 2.75) is 38.8 Å². The van der Waals surface area contributed by atoms with Crippen molar-refractivity contribution in [3.05, 3.63) is 0 Å². The molecule has 0 aromatic rings. The van der Waals surface area contributed by atoms with Crippen molar-refractivity contribution in [3.63, 3.8) is 0 Å². The number of hydrogen-bond acceptors (Lipinski definition) is 2. The Morgan fingerprint density at radius 1 is 1.57 bits per heavy atom. The van der Waals surface area contributed by atoms with Crippen LogP contribution in [0.1, 0.15) is 33.1 Å². The molecule has 0 aromatic heterocycles. The van der Waals surface area contributed by atoms with Crippen LogP contribution in [0.5, 0.6) is 0 Å². The van der Waals surface area contributed by atoms with E-state index in [1.165, 1.54) is 0 Å². The molecule has 4 N–H and O–H groups in total. The minimum atomic E-state index is -4.01. The molecule has 0 aliphatic heterocycles. The zero-order valence-corrected chi connectivity index (χ0v) is 9.70. The summed E-state index contributed by atoms with van der Waals surface area (Å²) in [6.45, 7) is 4.37. The Kier molecular flexibility index (Phi) is 3.42. The van der Waals surface area contributed by atoms with Crippen LogP contribution in [0, 0.1) is 11.3 Å². The van der Waals surface area contributed by atoms with E-state index in [1.54, 1.807) is 0 Å². The van der Waals surface area contributed by atoms with E-state index >= 15 is 0 Å². The minimum absolute atomic E-state index is 0.0883. The normalized spacial score (nSPS) is 29.1. The Bertz CT molecular complexity index is 248. The number of rotatable bonds is 3. The van der Waals surface area contributed by atoms with Crippen LogP contribution in [0.15, 0.2) is 0 Å². The summed E-state index contributed by atoms with van der Waals surface area (Å²) in [4.78, 5) is 18.3. The van der Waals surface area contributed by atoms with Crippen LogP contribution in [0.2, 0.25) is 0 Å². The molecule has 0 spiro atoms. The van der Waals surface area contributed by atoms with E-state index in [1.807, 2.05) is 0 Å². The summed E-state index contributed by atoms with van der Waals surface area (Å²) in [6, 6.07) is 0. The van der Waals surface area contributed by atoms with Gasteiger partial charge in [0.05, 0.1) is 5.66 Å². The average molecular weight is 221 g/mol. The maximum atomic E-state index is 11.2. The zero-order chi connectivity index (χ0) is 11.0. The molecule has 1 fully saturated rings. The van der Waals surface area contributed by atoms with Gasteiger partial charge in [0, 0.05) is 6.54 Å². The van der Waals surface area contributed by atoms with Crippen molar-refractivity contribution in [3.8, 4) is 0 Å². The van der Waals surface area contributed by atoms with Crippen LogP contribution in [0.3, 0.4) is 0 Å². The first kappa shape index (κ1) is 12.2. The third-order valence-corrected chi connectivity index (χ3v) is 4.72. The Balaban J connectivity index is 2.70. The summed E-state index contributed by atoms with van der Waals surface area (Å²) in [7, 11) is -4.01. The molecule has 1 aliphatic carbocycles. The van der Waals surface area contributed by atoms with E-state index in [4.69, 9.17) is 15.5 Å². The molecule has 0 bridgehead atoms. The lowest BCUT2D eigenvalue weighted by Crippen LogP contribution is -2.28. The van der Waals surface area contributed by atoms with Crippen molar-refractivity contribution in [2.24, 2.45) is 17.1 Å². The van der Waals surface area contributed by atoms with Gasteiger partial charge in [0.15, 0.2) is 0 Å². The van der Waals surface area contributed by atoms with Gasteiger partial charge in [-0.3, -0.25) is 4.57 Å². The smallest absolute Gasteiger partial charge is 0.330 e. The molecule has 0 radical (unpaired) electrons. The van der Waals surface area contributed by atoms with Crippen molar-refractivity contribution in [2.75, 3.05) is 6.54 Å². The minimum Gasteiger partial charge on any atom is -0.330 e. The molecule has 1 aliphatic rings. The fraction of sp³-hybridized carbons (Fsp3) is 1.00. The Hall–Kier alpha value is 0.110. The lowest BCUT2D eigenvalue weighted by molar-refractivity contribution is 0.316. The molecule has 2 atom stereocenters. The van der Waals surface area contributed by atoms with Gasteiger partial charge >= 0.3 is 7.60 Å². The Morgan fingerprint density at radius 3 is 2.43 bits per heavy atom. The maximum absolute atomic E-state index is 11.2. The molecule has 84 valence electrons. The lowest BCUT2D eigenvalue weighted by Gasteiger charge is -2.24. The first-order chi connectivity index (χ1) is 6.26. The van der Waals surface area contributed by atoms with Crippen LogP contribution in [0.25, 0.3) is 0 Å². The molecule has 14 heavy (non-hydrogen) atoms. The van der Waals surface area contributed by atoms with Gasteiger partial charge in [-0.05, 0) is 30.6 Å². The van der Waals surface area contributed by atoms with Crippen molar-refractivity contribution < 1.29 is 14.4 Å². The molecular formula is C9H20NO3P. The molecule has 0 heterocycles. The summed E-state index contributed by atoms with van der Waals surface area (Å²) in [6.07, 6.45) is 2.80. The fourth-order valence-corrected chi connectivity index (χ4v) is 3.50. The Morgan fingerprint density at radius 2 is 2.14 bits per heavy atom. The van der Waals surface area contributed by atoms with Crippen molar-refractivity contribution >= 4 is 7.60 Å². The van der Waals surface area contributed by atoms with Gasteiger partial charge in [0.1, 0.15) is 0 Å². The van der Waals surface area contributed by atoms with Gasteiger partial charge < -0.3 is 15.5 Å². The molecule has 5 heteroatoms. The predicted octanol–water partition coefficient (Wildman–Crippen LogP) is 1.32. The van der Waals surface area contributed by atoms with E-state index in [-0.39, 0.29) is 17.9 Å². The second-order valence-corrected chi connectivity index (χ2v) is 6.90. The highest BCUT2D eigenvalue weighted by Gasteiger charge is 2.41. The summed E-state index contributed by atoms with van der Waals surface area (Å²) in [5.41, 5.74) is 5.02. The van der Waals surface area contributed by atoms with Crippen LogP contribution in [-0.2, 0) is 4.57 Å². The van der Waals surface area contributed by atoms with Gasteiger partial charge in [-0.25, -0.2) is 0 Å². The summed E-state index contributed by atoms with van der Waals surface area (Å²) >= 11 is 0. The monoisotopic (exact) mass is 221 g/mol. The van der Waals surface area contributed by atoms with Crippen LogP contribution < -0.4 is 5.73 Å². The third kappa shape index (κ3) is 2.80. The summed E-state index contributed by atoms with van der Waals surface area (Å²) in [5, 5.41) is 0. The molecular weight excluding hydrogens is 201 g/mol. The molecule has 1 saturated carbocycles. The highest BCUT2D eigenvalue weighted by atomic mass is 31.2. The number of hydrogen-bond donors (Lipinski definition) is 3. The van der Waals surface area contributed by atoms with E-state index in [0.717, 1.165) is 19.3 Å². The summed E-state index contributed by atoms with van der Waals surface area (Å²) in [5.74, 6) is 0.0934. The van der Waals surface area contributed by atoms with E-state index in [2.05, 4.69) is 13.8 Å². The first-order valence-electron chi connectivity index (χ1n) is 5.01. The first-order valence-corrected chi connectivity index (χ1v) is 6.70. The molecule has 0 aromatic carbocycles. The quantitative estimate of drug-likeness (QED) is 0.627. The highest BCUT2D eigenvalue weighted by molar-refractivity contribution is 7.52. The second-order valence-electron chi connectivity index (χ2n) is 5.06. The van der Waals surface area contributed by atoms with Gasteiger partial charge in [-0.15, -0.1) is 0 Å². The summed E-state index contributed by atoms with van der Waals surface area (Å²) < 4.78 is 11.2. The van der Waals surface area contributed by atoms with Gasteiger partial charge in [-0.2, -0.15) is 0 Å². The molecule has 0 saturated heterocycles. The predicted molar refractivity (Wildman–Crippen MR) is 56.0 cm³/mol. The van der Waals surface area contributed by atoms with Crippen molar-refractivity contribution in [1.29, 1.82) is 0 Å². The fourth-order valence-electron chi connectivity index (χ4n) is 2.42. The molecule has 4 nitrogen and oxygen atoms in total. The second kappa shape index (κ2) is 3.93. The molecule has 0 amide bonds. The van der Waals surface area contributed by atoms with Gasteiger partial charge in [0.2, 0.25) is 0 Å². The lowest BCUT2D eigenvalue weighted by atomic mass is 9.90. The van der Waals surface area contributed by atoms with E-state index in [0.29, 0.717) is 0 Å². The van der Waals surface area contributed by atoms with Crippen molar-refractivity contribution in [1.82, 2.24) is 0 Å². The third-order valence-electron chi connectivity index (χ3n) is 3.22. The maximum Gasteiger partial charge on any atom is 0.330 e. The Labute approximate surface area is 85.0 Å². The van der Waals surface area contributed by atoms with E-state index in [9.17, 15) is 4.57 Å². The largest absolute Gasteiger partial charge is 0.330 e. The topological polar surface area (TPSA) is 83.6 Å². The average Bonchev–Trinajstić information content (AvgIpc) is 2.29. The van der Waals surface area contributed by atoms with Gasteiger partial charge in [-0.1, -0.05) is 13.8 Å². The van der Waals surface area contributed by atoms with Crippen LogP contribution in [-0.4, -0.2) is 22.0 Å². The standard InChI is InChI=1S/C9H20NO3P/c1-9(2)4-3-7(5-9)8(6-10)14(11,12)13/h7-8H,3-6,10H2,1-2H3,(H2,11,12,13)/t7?,8-/m0/s1. The van der Waals surface area contributed by atoms with E-state index < -0.39 is 13.3 Å². The highest BCUT2D eigenvalue weighted by Crippen LogP contribution is 2.52. The van der Waals surface area contributed by atoms with Crippen LogP contribution >= 0.6 is 7.60 Å². The number of nitrogens with two attached hydrogens (primary N) is 1. The molecule has 1 unspecified atom stereocenters. The molecule has 1 rings (SSSR count). The van der Waals surface area contributed by atoms with Crippen LogP contribution in [0.4, 0.5) is 0 Å².